The van der Waals surface area contributed by atoms with Gasteiger partial charge in [-0.05, 0) is 0 Å². The Kier molecular flexibility index (Phi) is 3.34. The van der Waals surface area contributed by atoms with Crippen LogP contribution in [0, 0.1) is 21.4 Å². The topological polar surface area (TPSA) is 127 Å². The third-order valence-electron chi connectivity index (χ3n) is 2.17. The van der Waals surface area contributed by atoms with Crippen molar-refractivity contribution in [2.45, 2.75) is 11.8 Å². The van der Waals surface area contributed by atoms with Crippen LogP contribution in [0.1, 0.15) is 12.5 Å². The summed E-state index contributed by atoms with van der Waals surface area (Å²) in [7, 11) is -3.70. The molecule has 0 fully saturated rings. The van der Waals surface area contributed by atoms with Crippen LogP contribution in [0.4, 0.5) is 11.4 Å². The first-order chi connectivity index (χ1) is 7.83. The molecular weight excluding hydrogens is 246 g/mol. The zero-order chi connectivity index (χ0) is 13.2. The number of rotatable bonds is 3. The molecule has 0 saturated heterocycles. The van der Waals surface area contributed by atoms with Crippen molar-refractivity contribution >= 4 is 21.2 Å². The lowest BCUT2D eigenvalue weighted by Gasteiger charge is -2.06. The fourth-order valence-electron chi connectivity index (χ4n) is 1.22. The second-order valence-electron chi connectivity index (χ2n) is 3.18. The first kappa shape index (κ1) is 12.9. The van der Waals surface area contributed by atoms with Crippen LogP contribution in [0.2, 0.25) is 0 Å². The summed E-state index contributed by atoms with van der Waals surface area (Å²) >= 11 is 0. The first-order valence-corrected chi connectivity index (χ1v) is 6.19. The Balaban J connectivity index is 3.68. The number of hydrogen-bond acceptors (Lipinski definition) is 6. The average molecular weight is 255 g/mol. The first-order valence-electron chi connectivity index (χ1n) is 4.54. The Labute approximate surface area is 97.5 Å². The summed E-state index contributed by atoms with van der Waals surface area (Å²) in [5, 5.41) is 19.3. The Hall–Kier alpha value is -2.14. The summed E-state index contributed by atoms with van der Waals surface area (Å²) in [6.07, 6.45) is 0. The monoisotopic (exact) mass is 255 g/mol. The van der Waals surface area contributed by atoms with Crippen molar-refractivity contribution in [2.24, 2.45) is 0 Å². The number of hydrogen-bond donors (Lipinski definition) is 1. The molecule has 0 aromatic heterocycles. The van der Waals surface area contributed by atoms with E-state index in [4.69, 9.17) is 11.0 Å². The van der Waals surface area contributed by atoms with Crippen molar-refractivity contribution in [3.63, 3.8) is 0 Å². The van der Waals surface area contributed by atoms with E-state index in [1.54, 1.807) is 6.07 Å². The van der Waals surface area contributed by atoms with Gasteiger partial charge in [-0.25, -0.2) is 8.42 Å². The van der Waals surface area contributed by atoms with E-state index in [0.29, 0.717) is 0 Å². The molecule has 0 heterocycles. The van der Waals surface area contributed by atoms with Crippen LogP contribution in [0.15, 0.2) is 17.0 Å². The van der Waals surface area contributed by atoms with Crippen LogP contribution >= 0.6 is 0 Å². The van der Waals surface area contributed by atoms with E-state index in [1.165, 1.54) is 6.92 Å². The maximum absolute atomic E-state index is 11.7. The Morgan fingerprint density at radius 1 is 1.53 bits per heavy atom. The fourth-order valence-corrected chi connectivity index (χ4v) is 2.28. The number of nitro benzene ring substituents is 1. The highest BCUT2D eigenvalue weighted by atomic mass is 32.2. The molecule has 0 amide bonds. The van der Waals surface area contributed by atoms with Gasteiger partial charge in [0.25, 0.3) is 5.69 Å². The summed E-state index contributed by atoms with van der Waals surface area (Å²) in [6.45, 7) is 1.39. The smallest absolute Gasteiger partial charge is 0.272 e. The SMILES string of the molecule is CCS(=O)(=O)c1cc([N+](=O)[O-])cc(C#N)c1N. The molecule has 0 unspecified atom stereocenters. The number of nitrogens with zero attached hydrogens (tertiary/aromatic N) is 2. The number of nitriles is 1. The van der Waals surface area contributed by atoms with E-state index in [-0.39, 0.29) is 21.9 Å². The predicted molar refractivity (Wildman–Crippen MR) is 60.0 cm³/mol. The van der Waals surface area contributed by atoms with Gasteiger partial charge in [0.2, 0.25) is 0 Å². The molecule has 0 atom stereocenters. The van der Waals surface area contributed by atoms with Gasteiger partial charge in [-0.1, -0.05) is 6.92 Å². The second-order valence-corrected chi connectivity index (χ2v) is 5.42. The van der Waals surface area contributed by atoms with Crippen molar-refractivity contribution in [1.29, 1.82) is 5.26 Å². The zero-order valence-electron chi connectivity index (χ0n) is 8.87. The van der Waals surface area contributed by atoms with Crippen LogP contribution in [0.5, 0.6) is 0 Å². The van der Waals surface area contributed by atoms with E-state index >= 15 is 0 Å². The van der Waals surface area contributed by atoms with Gasteiger partial charge >= 0.3 is 0 Å². The molecule has 17 heavy (non-hydrogen) atoms. The van der Waals surface area contributed by atoms with Crippen LogP contribution < -0.4 is 5.73 Å². The highest BCUT2D eigenvalue weighted by Crippen LogP contribution is 2.28. The molecule has 90 valence electrons. The minimum atomic E-state index is -3.70. The van der Waals surface area contributed by atoms with E-state index in [2.05, 4.69) is 0 Å². The van der Waals surface area contributed by atoms with Crippen molar-refractivity contribution in [1.82, 2.24) is 0 Å². The molecule has 1 rings (SSSR count). The lowest BCUT2D eigenvalue weighted by molar-refractivity contribution is -0.385. The van der Waals surface area contributed by atoms with Crippen LogP contribution in [0.3, 0.4) is 0 Å². The van der Waals surface area contributed by atoms with Gasteiger partial charge in [-0.3, -0.25) is 10.1 Å². The maximum atomic E-state index is 11.7. The summed E-state index contributed by atoms with van der Waals surface area (Å²) < 4.78 is 23.3. The fraction of sp³-hybridized carbons (Fsp3) is 0.222. The van der Waals surface area contributed by atoms with Crippen LogP contribution in [-0.2, 0) is 9.84 Å². The standard InChI is InChI=1S/C9H9N3O4S/c1-2-17(15,16)8-4-7(12(13)14)3-6(5-10)9(8)11/h3-4H,2,11H2,1H3. The molecule has 0 aliphatic rings. The third-order valence-corrected chi connectivity index (χ3v) is 3.94. The molecule has 0 radical (unpaired) electrons. The van der Waals surface area contributed by atoms with E-state index < -0.39 is 20.4 Å². The van der Waals surface area contributed by atoms with Crippen LogP contribution in [-0.4, -0.2) is 19.1 Å². The Morgan fingerprint density at radius 3 is 2.53 bits per heavy atom. The molecule has 7 nitrogen and oxygen atoms in total. The predicted octanol–water partition coefficient (Wildman–Crippen LogP) is 0.842. The van der Waals surface area contributed by atoms with Gasteiger partial charge in [0.05, 0.1) is 26.8 Å². The summed E-state index contributed by atoms with van der Waals surface area (Å²) in [6, 6.07) is 3.45. The van der Waals surface area contributed by atoms with Crippen molar-refractivity contribution in [3.8, 4) is 6.07 Å². The lowest BCUT2D eigenvalue weighted by Crippen LogP contribution is -2.09. The summed E-state index contributed by atoms with van der Waals surface area (Å²) in [4.78, 5) is 9.47. The number of nitrogen functional groups attached to an aromatic ring is 1. The van der Waals surface area contributed by atoms with Gasteiger partial charge < -0.3 is 5.73 Å². The van der Waals surface area contributed by atoms with Gasteiger partial charge in [-0.15, -0.1) is 0 Å². The normalized spacial score (nSPS) is 10.8. The lowest BCUT2D eigenvalue weighted by atomic mass is 10.2. The molecule has 1 aromatic carbocycles. The summed E-state index contributed by atoms with van der Waals surface area (Å²) in [5.74, 6) is -0.247. The van der Waals surface area contributed by atoms with E-state index in [9.17, 15) is 18.5 Å². The van der Waals surface area contributed by atoms with Crippen molar-refractivity contribution in [2.75, 3.05) is 11.5 Å². The minimum Gasteiger partial charge on any atom is -0.397 e. The van der Waals surface area contributed by atoms with E-state index in [0.717, 1.165) is 12.1 Å². The van der Waals surface area contributed by atoms with Crippen LogP contribution in [0.25, 0.3) is 0 Å². The van der Waals surface area contributed by atoms with Gasteiger partial charge in [0, 0.05) is 12.1 Å². The molecule has 2 N–H and O–H groups in total. The third kappa shape index (κ3) is 2.34. The molecule has 8 heteroatoms. The number of anilines is 1. The molecule has 0 aliphatic carbocycles. The van der Waals surface area contributed by atoms with E-state index in [1.807, 2.05) is 0 Å². The number of non-ortho nitro benzene ring substituents is 1. The average Bonchev–Trinajstić information content (AvgIpc) is 2.28. The molecular formula is C9H9N3O4S. The molecule has 0 spiro atoms. The quantitative estimate of drug-likeness (QED) is 0.484. The van der Waals surface area contributed by atoms with Crippen molar-refractivity contribution < 1.29 is 13.3 Å². The number of benzene rings is 1. The second kappa shape index (κ2) is 4.39. The van der Waals surface area contributed by atoms with Gasteiger partial charge in [0.1, 0.15) is 6.07 Å². The Morgan fingerprint density at radius 2 is 2.12 bits per heavy atom. The number of nitro groups is 1. The molecule has 0 bridgehead atoms. The van der Waals surface area contributed by atoms with Gasteiger partial charge in [0.15, 0.2) is 9.84 Å². The number of nitrogens with two attached hydrogens (primary N) is 1. The maximum Gasteiger partial charge on any atom is 0.272 e. The molecule has 0 saturated carbocycles. The Bertz CT molecular complexity index is 616. The largest absolute Gasteiger partial charge is 0.397 e. The highest BCUT2D eigenvalue weighted by molar-refractivity contribution is 7.91. The summed E-state index contributed by atoms with van der Waals surface area (Å²) in [5.41, 5.74) is 4.56. The molecule has 1 aromatic rings. The minimum absolute atomic E-state index is 0.216. The number of sulfone groups is 1. The van der Waals surface area contributed by atoms with Crippen molar-refractivity contribution in [3.05, 3.63) is 27.8 Å². The molecule has 0 aliphatic heterocycles. The zero-order valence-corrected chi connectivity index (χ0v) is 9.69. The van der Waals surface area contributed by atoms with Gasteiger partial charge in [-0.2, -0.15) is 5.26 Å². The highest BCUT2D eigenvalue weighted by Gasteiger charge is 2.22.